The average Bonchev–Trinajstić information content (AvgIpc) is 2.99. The number of aryl methyl sites for hydroxylation is 2. The number of hydrogen-bond donors (Lipinski definition) is 1. The zero-order valence-corrected chi connectivity index (χ0v) is 15.4. The Labute approximate surface area is 154 Å². The van der Waals surface area contributed by atoms with Crippen molar-refractivity contribution in [3.8, 4) is 5.75 Å². The van der Waals surface area contributed by atoms with Crippen LogP contribution in [0.2, 0.25) is 0 Å². The minimum absolute atomic E-state index is 0.0461. The first kappa shape index (κ1) is 18.0. The summed E-state index contributed by atoms with van der Waals surface area (Å²) in [5.74, 6) is 1.79. The van der Waals surface area contributed by atoms with E-state index in [0.717, 1.165) is 47.6 Å². The van der Waals surface area contributed by atoms with Gasteiger partial charge in [0.05, 0.1) is 24.2 Å². The van der Waals surface area contributed by atoms with Crippen molar-refractivity contribution in [2.75, 3.05) is 6.61 Å². The largest absolute Gasteiger partial charge is 0.493 e. The van der Waals surface area contributed by atoms with Gasteiger partial charge in [0.15, 0.2) is 0 Å². The Hall–Kier alpha value is -2.82. The van der Waals surface area contributed by atoms with Crippen molar-refractivity contribution in [1.29, 1.82) is 0 Å². The Morgan fingerprint density at radius 3 is 2.69 bits per heavy atom. The SMILES string of the molecule is CC(=O)NCc1nc2ccccc2n1CCCCOc1ccccc1C. The highest BCUT2D eigenvalue weighted by atomic mass is 16.5. The topological polar surface area (TPSA) is 56.2 Å². The first-order chi connectivity index (χ1) is 12.6. The van der Waals surface area contributed by atoms with Gasteiger partial charge in [-0.15, -0.1) is 0 Å². The van der Waals surface area contributed by atoms with Crippen LogP contribution in [0.25, 0.3) is 11.0 Å². The molecule has 0 saturated heterocycles. The normalized spacial score (nSPS) is 10.8. The lowest BCUT2D eigenvalue weighted by Gasteiger charge is -2.11. The van der Waals surface area contributed by atoms with Crippen molar-refractivity contribution >= 4 is 16.9 Å². The maximum absolute atomic E-state index is 11.2. The molecule has 136 valence electrons. The zero-order chi connectivity index (χ0) is 18.4. The fourth-order valence-corrected chi connectivity index (χ4v) is 2.99. The molecule has 0 aliphatic rings. The van der Waals surface area contributed by atoms with E-state index in [1.807, 2.05) is 36.4 Å². The molecular weight excluding hydrogens is 326 g/mol. The summed E-state index contributed by atoms with van der Waals surface area (Å²) in [7, 11) is 0. The fraction of sp³-hybridized carbons (Fsp3) is 0.333. The molecule has 2 aromatic carbocycles. The molecule has 1 N–H and O–H groups in total. The molecule has 0 aliphatic carbocycles. The van der Waals surface area contributed by atoms with Gasteiger partial charge >= 0.3 is 0 Å². The van der Waals surface area contributed by atoms with E-state index in [2.05, 4.69) is 33.9 Å². The monoisotopic (exact) mass is 351 g/mol. The van der Waals surface area contributed by atoms with Crippen molar-refractivity contribution < 1.29 is 9.53 Å². The van der Waals surface area contributed by atoms with Crippen molar-refractivity contribution in [2.24, 2.45) is 0 Å². The second-order valence-corrected chi connectivity index (χ2v) is 6.40. The maximum atomic E-state index is 11.2. The van der Waals surface area contributed by atoms with Gasteiger partial charge in [-0.1, -0.05) is 30.3 Å². The molecule has 0 saturated carbocycles. The molecule has 1 amide bonds. The average molecular weight is 351 g/mol. The summed E-state index contributed by atoms with van der Waals surface area (Å²) < 4.78 is 8.06. The summed E-state index contributed by atoms with van der Waals surface area (Å²) in [5, 5.41) is 2.85. The molecule has 0 bridgehead atoms. The number of amides is 1. The Bertz CT molecular complexity index is 886. The van der Waals surface area contributed by atoms with Crippen LogP contribution in [0.1, 0.15) is 31.2 Å². The number of rotatable bonds is 8. The summed E-state index contributed by atoms with van der Waals surface area (Å²) in [5.41, 5.74) is 3.22. The quantitative estimate of drug-likeness (QED) is 0.627. The Kier molecular flexibility index (Phi) is 5.89. The predicted octanol–water partition coefficient (Wildman–Crippen LogP) is 3.84. The first-order valence-electron chi connectivity index (χ1n) is 9.02. The highest BCUT2D eigenvalue weighted by Crippen LogP contribution is 2.18. The minimum Gasteiger partial charge on any atom is -0.493 e. The molecule has 5 nitrogen and oxygen atoms in total. The number of hydrogen-bond acceptors (Lipinski definition) is 3. The molecule has 0 atom stereocenters. The third kappa shape index (κ3) is 4.42. The van der Waals surface area contributed by atoms with Crippen LogP contribution < -0.4 is 10.1 Å². The smallest absolute Gasteiger partial charge is 0.217 e. The van der Waals surface area contributed by atoms with Gasteiger partial charge in [-0.2, -0.15) is 0 Å². The maximum Gasteiger partial charge on any atom is 0.217 e. The van der Waals surface area contributed by atoms with Crippen LogP contribution in [0.3, 0.4) is 0 Å². The fourth-order valence-electron chi connectivity index (χ4n) is 2.99. The number of aromatic nitrogens is 2. The van der Waals surface area contributed by atoms with Crippen LogP contribution in [0, 0.1) is 6.92 Å². The van der Waals surface area contributed by atoms with Gasteiger partial charge < -0.3 is 14.6 Å². The van der Waals surface area contributed by atoms with Crippen LogP contribution in [0.4, 0.5) is 0 Å². The molecule has 1 aromatic heterocycles. The van der Waals surface area contributed by atoms with Gasteiger partial charge in [0.2, 0.25) is 5.91 Å². The molecule has 3 rings (SSSR count). The Morgan fingerprint density at radius 1 is 1.12 bits per heavy atom. The van der Waals surface area contributed by atoms with E-state index in [0.29, 0.717) is 13.2 Å². The van der Waals surface area contributed by atoms with Gasteiger partial charge in [0.1, 0.15) is 11.6 Å². The summed E-state index contributed by atoms with van der Waals surface area (Å²) in [6, 6.07) is 16.2. The molecule has 0 radical (unpaired) electrons. The van der Waals surface area contributed by atoms with Gasteiger partial charge in [-0.3, -0.25) is 4.79 Å². The highest BCUT2D eigenvalue weighted by molar-refractivity contribution is 5.76. The van der Waals surface area contributed by atoms with E-state index >= 15 is 0 Å². The molecule has 1 heterocycles. The van der Waals surface area contributed by atoms with Crippen LogP contribution in [0.15, 0.2) is 48.5 Å². The van der Waals surface area contributed by atoms with Crippen molar-refractivity contribution in [3.63, 3.8) is 0 Å². The number of carbonyl (C=O) groups excluding carboxylic acids is 1. The zero-order valence-electron chi connectivity index (χ0n) is 15.4. The molecule has 5 heteroatoms. The van der Waals surface area contributed by atoms with E-state index in [9.17, 15) is 4.79 Å². The summed E-state index contributed by atoms with van der Waals surface area (Å²) in [6.07, 6.45) is 1.94. The van der Waals surface area contributed by atoms with E-state index in [1.165, 1.54) is 6.92 Å². The number of fused-ring (bicyclic) bond motifs is 1. The van der Waals surface area contributed by atoms with Gasteiger partial charge in [-0.25, -0.2) is 4.98 Å². The van der Waals surface area contributed by atoms with E-state index in [-0.39, 0.29) is 5.91 Å². The van der Waals surface area contributed by atoms with Crippen LogP contribution in [0.5, 0.6) is 5.75 Å². The molecule has 26 heavy (non-hydrogen) atoms. The van der Waals surface area contributed by atoms with Crippen LogP contribution in [-0.4, -0.2) is 22.1 Å². The third-order valence-electron chi connectivity index (χ3n) is 4.36. The predicted molar refractivity (Wildman–Crippen MR) is 103 cm³/mol. The lowest BCUT2D eigenvalue weighted by atomic mass is 10.2. The number of imidazole rings is 1. The molecular formula is C21H25N3O2. The standard InChI is InChI=1S/C21H25N3O2/c1-16-9-3-6-12-20(16)26-14-8-7-13-24-19-11-5-4-10-18(19)23-21(24)15-22-17(2)25/h3-6,9-12H,7-8,13-15H2,1-2H3,(H,22,25). The van der Waals surface area contributed by atoms with Crippen molar-refractivity contribution in [3.05, 3.63) is 59.9 Å². The lowest BCUT2D eigenvalue weighted by molar-refractivity contribution is -0.119. The Balaban J connectivity index is 1.59. The Morgan fingerprint density at radius 2 is 1.88 bits per heavy atom. The highest BCUT2D eigenvalue weighted by Gasteiger charge is 2.10. The second-order valence-electron chi connectivity index (χ2n) is 6.40. The number of benzene rings is 2. The van der Waals surface area contributed by atoms with Crippen LogP contribution >= 0.6 is 0 Å². The number of nitrogens with zero attached hydrogens (tertiary/aromatic N) is 2. The summed E-state index contributed by atoms with van der Waals surface area (Å²) >= 11 is 0. The molecule has 0 unspecified atom stereocenters. The van der Waals surface area contributed by atoms with Gasteiger partial charge in [0.25, 0.3) is 0 Å². The number of nitrogens with one attached hydrogen (secondary N) is 1. The van der Waals surface area contributed by atoms with Crippen LogP contribution in [-0.2, 0) is 17.9 Å². The van der Waals surface area contributed by atoms with E-state index in [1.54, 1.807) is 0 Å². The molecule has 0 fully saturated rings. The molecule has 3 aromatic rings. The summed E-state index contributed by atoms with van der Waals surface area (Å²) in [6.45, 7) is 5.58. The minimum atomic E-state index is -0.0461. The number of carbonyl (C=O) groups is 1. The third-order valence-corrected chi connectivity index (χ3v) is 4.36. The number of para-hydroxylation sites is 3. The second kappa shape index (κ2) is 8.52. The molecule has 0 spiro atoms. The number of ether oxygens (including phenoxy) is 1. The van der Waals surface area contributed by atoms with E-state index in [4.69, 9.17) is 4.74 Å². The van der Waals surface area contributed by atoms with Crippen molar-refractivity contribution in [2.45, 2.75) is 39.8 Å². The van der Waals surface area contributed by atoms with Gasteiger partial charge in [-0.05, 0) is 43.5 Å². The molecule has 0 aliphatic heterocycles. The van der Waals surface area contributed by atoms with E-state index < -0.39 is 0 Å². The van der Waals surface area contributed by atoms with Crippen molar-refractivity contribution in [1.82, 2.24) is 14.9 Å². The number of unbranched alkanes of at least 4 members (excludes halogenated alkanes) is 1. The lowest BCUT2D eigenvalue weighted by Crippen LogP contribution is -2.21. The first-order valence-corrected chi connectivity index (χ1v) is 9.02. The summed E-state index contributed by atoms with van der Waals surface area (Å²) in [4.78, 5) is 15.9. The van der Waals surface area contributed by atoms with Gasteiger partial charge in [0, 0.05) is 13.5 Å².